The van der Waals surface area contributed by atoms with Gasteiger partial charge >= 0.3 is 0 Å². The molecule has 1 aliphatic rings. The molecule has 122 valence electrons. The molecular weight excluding hydrogens is 372 g/mol. The molecule has 0 aromatic carbocycles. The van der Waals surface area contributed by atoms with Crippen LogP contribution in [0, 0.1) is 0 Å². The first kappa shape index (κ1) is 17.4. The minimum absolute atomic E-state index is 0. The fraction of sp³-hybridized carbons (Fsp3) is 0.615. The van der Waals surface area contributed by atoms with Crippen LogP contribution in [0.2, 0.25) is 0 Å². The number of hydrogen-bond acceptors (Lipinski definition) is 6. The molecule has 9 heteroatoms. The molecule has 1 saturated heterocycles. The average Bonchev–Trinajstić information content (AvgIpc) is 3.05. The first-order valence-corrected chi connectivity index (χ1v) is 7.86. The lowest BCUT2D eigenvalue weighted by molar-refractivity contribution is 0.190. The molecule has 3 rings (SSSR count). The van der Waals surface area contributed by atoms with E-state index in [2.05, 4.69) is 67.4 Å². The number of piperazine rings is 1. The Morgan fingerprint density at radius 3 is 2.82 bits per heavy atom. The second-order valence-corrected chi connectivity index (χ2v) is 6.41. The second-order valence-electron chi connectivity index (χ2n) is 5.61. The number of aromatic amines is 1. The Balaban J connectivity index is 0.00000176. The summed E-state index contributed by atoms with van der Waals surface area (Å²) in [5, 5.41) is 14.8. The Morgan fingerprint density at radius 1 is 1.41 bits per heavy atom. The minimum atomic E-state index is 0. The van der Waals surface area contributed by atoms with Gasteiger partial charge in [0.15, 0.2) is 11.5 Å². The third kappa shape index (κ3) is 3.19. The lowest BCUT2D eigenvalue weighted by Crippen LogP contribution is -2.44. The van der Waals surface area contributed by atoms with Crippen LogP contribution >= 0.6 is 28.3 Å². The Bertz CT molecular complexity index is 628. The summed E-state index contributed by atoms with van der Waals surface area (Å²) in [7, 11) is 2.07. The molecule has 0 spiro atoms. The Morgan fingerprint density at radius 2 is 2.18 bits per heavy atom. The molecule has 0 amide bonds. The van der Waals surface area contributed by atoms with E-state index >= 15 is 0 Å². The highest BCUT2D eigenvalue weighted by molar-refractivity contribution is 9.10. The van der Waals surface area contributed by atoms with Gasteiger partial charge in [-0.2, -0.15) is 10.1 Å². The van der Waals surface area contributed by atoms with Crippen molar-refractivity contribution in [1.29, 1.82) is 0 Å². The molecule has 2 aromatic heterocycles. The maximum absolute atomic E-state index is 5.40. The predicted molar refractivity (Wildman–Crippen MR) is 89.2 cm³/mol. The first-order valence-electron chi connectivity index (χ1n) is 7.06. The maximum Gasteiger partial charge on any atom is 0.279 e. The van der Waals surface area contributed by atoms with Gasteiger partial charge in [0, 0.05) is 19.6 Å². The number of nitrogens with one attached hydrogen (secondary N) is 2. The zero-order valence-corrected chi connectivity index (χ0v) is 15.2. The summed E-state index contributed by atoms with van der Waals surface area (Å²) in [5.74, 6) is 1.48. The number of aromatic nitrogens is 4. The van der Waals surface area contributed by atoms with E-state index in [1.165, 1.54) is 0 Å². The minimum Gasteiger partial charge on any atom is -0.332 e. The Hall–Kier alpha value is -0.960. The topological polar surface area (TPSA) is 82.9 Å². The summed E-state index contributed by atoms with van der Waals surface area (Å²) in [4.78, 5) is 6.74. The van der Waals surface area contributed by atoms with Crippen molar-refractivity contribution >= 4 is 28.3 Å². The van der Waals surface area contributed by atoms with E-state index in [0.717, 1.165) is 29.8 Å². The van der Waals surface area contributed by atoms with Crippen LogP contribution in [0.15, 0.2) is 9.00 Å². The molecule has 22 heavy (non-hydrogen) atoms. The molecule has 1 atom stereocenters. The van der Waals surface area contributed by atoms with E-state index < -0.39 is 0 Å². The highest BCUT2D eigenvalue weighted by Crippen LogP contribution is 2.32. The fourth-order valence-corrected chi connectivity index (χ4v) is 3.23. The van der Waals surface area contributed by atoms with Gasteiger partial charge in [-0.1, -0.05) is 19.0 Å². The van der Waals surface area contributed by atoms with Crippen molar-refractivity contribution in [2.75, 3.05) is 26.7 Å². The quantitative estimate of drug-likeness (QED) is 0.835. The Kier molecular flexibility index (Phi) is 5.60. The fourth-order valence-electron chi connectivity index (χ4n) is 2.43. The molecular formula is C13H20BrClN6O. The van der Waals surface area contributed by atoms with E-state index in [-0.39, 0.29) is 18.4 Å². The van der Waals surface area contributed by atoms with Crippen LogP contribution in [0.1, 0.15) is 37.3 Å². The molecule has 0 aliphatic carbocycles. The van der Waals surface area contributed by atoms with E-state index in [4.69, 9.17) is 4.52 Å². The third-order valence-electron chi connectivity index (χ3n) is 3.76. The normalized spacial score (nSPS) is 19.4. The van der Waals surface area contributed by atoms with E-state index in [1.807, 2.05) is 0 Å². The molecule has 1 fully saturated rings. The van der Waals surface area contributed by atoms with Crippen LogP contribution in [-0.4, -0.2) is 51.9 Å². The van der Waals surface area contributed by atoms with Crippen LogP contribution < -0.4 is 5.32 Å². The van der Waals surface area contributed by atoms with Gasteiger partial charge in [-0.05, 0) is 28.9 Å². The summed E-state index contributed by atoms with van der Waals surface area (Å²) in [5.41, 5.74) is 1.70. The highest BCUT2D eigenvalue weighted by atomic mass is 79.9. The zero-order chi connectivity index (χ0) is 15.0. The highest BCUT2D eigenvalue weighted by Gasteiger charge is 2.27. The van der Waals surface area contributed by atoms with Crippen molar-refractivity contribution in [3.63, 3.8) is 0 Å². The number of hydrogen-bond donors (Lipinski definition) is 2. The summed E-state index contributed by atoms with van der Waals surface area (Å²) in [6, 6.07) is 0.138. The van der Waals surface area contributed by atoms with Gasteiger partial charge in [0.05, 0.1) is 16.2 Å². The maximum atomic E-state index is 5.40. The van der Waals surface area contributed by atoms with Crippen molar-refractivity contribution in [2.45, 2.75) is 25.8 Å². The average molecular weight is 392 g/mol. The van der Waals surface area contributed by atoms with E-state index in [9.17, 15) is 0 Å². The second kappa shape index (κ2) is 7.08. The van der Waals surface area contributed by atoms with Crippen molar-refractivity contribution < 1.29 is 4.52 Å². The van der Waals surface area contributed by atoms with Crippen molar-refractivity contribution in [3.05, 3.63) is 16.0 Å². The molecule has 0 saturated carbocycles. The van der Waals surface area contributed by atoms with Crippen LogP contribution in [0.25, 0.3) is 11.6 Å². The van der Waals surface area contributed by atoms with Gasteiger partial charge in [0.1, 0.15) is 0 Å². The predicted octanol–water partition coefficient (Wildman–Crippen LogP) is 2.34. The van der Waals surface area contributed by atoms with E-state index in [0.29, 0.717) is 23.3 Å². The van der Waals surface area contributed by atoms with Gasteiger partial charge in [0.2, 0.25) is 0 Å². The number of nitrogens with zero attached hydrogens (tertiary/aromatic N) is 4. The number of likely N-dealkylation sites (N-methyl/N-ethyl adjacent to an activating group) is 1. The van der Waals surface area contributed by atoms with Crippen LogP contribution in [0.5, 0.6) is 0 Å². The smallest absolute Gasteiger partial charge is 0.279 e. The van der Waals surface area contributed by atoms with Crippen molar-refractivity contribution in [1.82, 2.24) is 30.6 Å². The molecule has 0 bridgehead atoms. The van der Waals surface area contributed by atoms with Crippen LogP contribution in [-0.2, 0) is 0 Å². The van der Waals surface area contributed by atoms with E-state index in [1.54, 1.807) is 0 Å². The van der Waals surface area contributed by atoms with Crippen molar-refractivity contribution in [3.8, 4) is 11.6 Å². The lowest BCUT2D eigenvalue weighted by atomic mass is 10.1. The van der Waals surface area contributed by atoms with Gasteiger partial charge in [-0.25, -0.2) is 0 Å². The molecule has 3 heterocycles. The summed E-state index contributed by atoms with van der Waals surface area (Å²) in [6.07, 6.45) is 0. The lowest BCUT2D eigenvalue weighted by Gasteiger charge is -2.30. The van der Waals surface area contributed by atoms with Crippen LogP contribution in [0.4, 0.5) is 0 Å². The summed E-state index contributed by atoms with van der Waals surface area (Å²) < 4.78 is 6.29. The molecule has 1 aliphatic heterocycles. The molecule has 7 nitrogen and oxygen atoms in total. The summed E-state index contributed by atoms with van der Waals surface area (Å²) in [6.45, 7) is 6.99. The van der Waals surface area contributed by atoms with Crippen LogP contribution in [0.3, 0.4) is 0 Å². The number of halogens is 2. The summed E-state index contributed by atoms with van der Waals surface area (Å²) >= 11 is 3.56. The monoisotopic (exact) mass is 390 g/mol. The molecule has 1 unspecified atom stereocenters. The standard InChI is InChI=1S/C13H19BrN6O.ClH/c1-7(2)10-9(14)11(18-17-10)13-16-12(19-21-13)8-6-15-4-5-20(8)3;/h7-8,15H,4-6H2,1-3H3,(H,17,18);1H. The first-order chi connectivity index (χ1) is 10.1. The zero-order valence-electron chi connectivity index (χ0n) is 12.8. The van der Waals surface area contributed by atoms with Gasteiger partial charge in [-0.3, -0.25) is 10.00 Å². The number of rotatable bonds is 3. The SMILES string of the molecule is CC(C)c1[nH]nc(-c2nc(C3CNCCN3C)no2)c1Br.Cl. The van der Waals surface area contributed by atoms with Gasteiger partial charge < -0.3 is 9.84 Å². The molecule has 2 N–H and O–H groups in total. The molecule has 2 aromatic rings. The largest absolute Gasteiger partial charge is 0.332 e. The number of H-pyrrole nitrogens is 1. The van der Waals surface area contributed by atoms with Gasteiger partial charge in [0.25, 0.3) is 5.89 Å². The Labute approximate surface area is 143 Å². The third-order valence-corrected chi connectivity index (χ3v) is 4.57. The van der Waals surface area contributed by atoms with Gasteiger partial charge in [-0.15, -0.1) is 12.4 Å². The molecule has 0 radical (unpaired) electrons. The van der Waals surface area contributed by atoms with Crippen molar-refractivity contribution in [2.24, 2.45) is 0 Å².